The molecule has 0 saturated heterocycles. The first kappa shape index (κ1) is 18.0. The minimum atomic E-state index is -0.0910. The van der Waals surface area contributed by atoms with Gasteiger partial charge in [-0.15, -0.1) is 0 Å². The molecule has 0 unspecified atom stereocenters. The lowest BCUT2D eigenvalue weighted by Crippen LogP contribution is -2.24. The maximum atomic E-state index is 12.8. The van der Waals surface area contributed by atoms with Gasteiger partial charge in [0.2, 0.25) is 5.91 Å². The molecule has 1 aromatic carbocycles. The first-order chi connectivity index (χ1) is 13.7. The van der Waals surface area contributed by atoms with E-state index < -0.39 is 0 Å². The molecule has 3 heterocycles. The van der Waals surface area contributed by atoms with Gasteiger partial charge in [-0.3, -0.25) is 14.2 Å². The molecule has 0 aliphatic rings. The van der Waals surface area contributed by atoms with Crippen molar-refractivity contribution in [3.63, 3.8) is 0 Å². The average molecular weight is 374 g/mol. The summed E-state index contributed by atoms with van der Waals surface area (Å²) in [7, 11) is 0. The van der Waals surface area contributed by atoms with Crippen LogP contribution in [-0.2, 0) is 17.8 Å². The van der Waals surface area contributed by atoms with Crippen LogP contribution in [-0.4, -0.2) is 19.9 Å². The maximum Gasteiger partial charge on any atom is 0.276 e. The quantitative estimate of drug-likeness (QED) is 0.560. The number of benzene rings is 1. The Morgan fingerprint density at radius 1 is 1.07 bits per heavy atom. The molecular formula is C22H22N4O2. The highest BCUT2D eigenvalue weighted by Gasteiger charge is 2.11. The Bertz CT molecular complexity index is 1190. The van der Waals surface area contributed by atoms with E-state index in [2.05, 4.69) is 17.2 Å². The van der Waals surface area contributed by atoms with Crippen molar-refractivity contribution in [1.29, 1.82) is 0 Å². The number of rotatable bonds is 6. The highest BCUT2D eigenvalue weighted by Crippen LogP contribution is 2.14. The Labute approximate surface area is 162 Å². The van der Waals surface area contributed by atoms with E-state index in [1.54, 1.807) is 16.8 Å². The lowest BCUT2D eigenvalue weighted by molar-refractivity contribution is -0.116. The summed E-state index contributed by atoms with van der Waals surface area (Å²) < 4.78 is 3.52. The van der Waals surface area contributed by atoms with E-state index >= 15 is 0 Å². The van der Waals surface area contributed by atoms with Crippen molar-refractivity contribution in [1.82, 2.24) is 14.0 Å². The minimum Gasteiger partial charge on any atom is -0.326 e. The molecular weight excluding hydrogens is 352 g/mol. The van der Waals surface area contributed by atoms with Crippen LogP contribution in [0.2, 0.25) is 0 Å². The third-order valence-corrected chi connectivity index (χ3v) is 4.93. The molecule has 4 aromatic rings. The van der Waals surface area contributed by atoms with Gasteiger partial charge in [0, 0.05) is 31.0 Å². The summed E-state index contributed by atoms with van der Waals surface area (Å²) in [5.41, 5.74) is 4.06. The standard InChI is InChI=1S/C22H22N4O2/c1-2-16-9-11-17(12-10-16)24-20(27)8-5-15-26-21-18(6-3-13-23-21)25-14-4-7-19(25)22(26)28/h3-4,6-7,9-14H,2,5,8,15H2,1H3,(H,24,27). The number of nitrogens with one attached hydrogen (secondary N) is 1. The van der Waals surface area contributed by atoms with Crippen LogP contribution in [0.1, 0.15) is 25.3 Å². The molecule has 1 N–H and O–H groups in total. The van der Waals surface area contributed by atoms with Crippen LogP contribution >= 0.6 is 0 Å². The zero-order chi connectivity index (χ0) is 19.5. The molecule has 0 aliphatic heterocycles. The predicted molar refractivity (Wildman–Crippen MR) is 111 cm³/mol. The first-order valence-corrected chi connectivity index (χ1v) is 9.51. The fraction of sp³-hybridized carbons (Fsp3) is 0.227. The zero-order valence-corrected chi connectivity index (χ0v) is 15.8. The van der Waals surface area contributed by atoms with Crippen LogP contribution in [0.4, 0.5) is 5.69 Å². The summed E-state index contributed by atoms with van der Waals surface area (Å²) in [6.07, 6.45) is 5.41. The largest absolute Gasteiger partial charge is 0.326 e. The molecule has 0 radical (unpaired) electrons. The van der Waals surface area contributed by atoms with E-state index in [4.69, 9.17) is 0 Å². The topological polar surface area (TPSA) is 68.4 Å². The van der Waals surface area contributed by atoms with Crippen LogP contribution in [0, 0.1) is 0 Å². The Morgan fingerprint density at radius 2 is 1.86 bits per heavy atom. The zero-order valence-electron chi connectivity index (χ0n) is 15.8. The van der Waals surface area contributed by atoms with Gasteiger partial charge >= 0.3 is 0 Å². The first-order valence-electron chi connectivity index (χ1n) is 9.51. The summed E-state index contributed by atoms with van der Waals surface area (Å²) in [5, 5.41) is 2.91. The fourth-order valence-electron chi connectivity index (χ4n) is 3.44. The number of aryl methyl sites for hydroxylation is 2. The monoisotopic (exact) mass is 374 g/mol. The van der Waals surface area contributed by atoms with Crippen molar-refractivity contribution in [3.8, 4) is 0 Å². The van der Waals surface area contributed by atoms with Crippen LogP contribution in [0.3, 0.4) is 0 Å². The van der Waals surface area contributed by atoms with Gasteiger partial charge in [0.05, 0.1) is 5.52 Å². The van der Waals surface area contributed by atoms with Crippen molar-refractivity contribution < 1.29 is 4.79 Å². The van der Waals surface area contributed by atoms with E-state index in [1.807, 2.05) is 53.1 Å². The van der Waals surface area contributed by atoms with Gasteiger partial charge < -0.3 is 9.72 Å². The number of hydrogen-bond acceptors (Lipinski definition) is 3. The Balaban J connectivity index is 1.48. The Morgan fingerprint density at radius 3 is 2.64 bits per heavy atom. The molecule has 0 bridgehead atoms. The van der Waals surface area contributed by atoms with E-state index in [0.717, 1.165) is 17.6 Å². The number of carbonyl (C=O) groups excluding carboxylic acids is 1. The highest BCUT2D eigenvalue weighted by molar-refractivity contribution is 5.90. The molecule has 3 aromatic heterocycles. The number of amides is 1. The van der Waals surface area contributed by atoms with Gasteiger partial charge in [-0.25, -0.2) is 4.98 Å². The molecule has 6 nitrogen and oxygen atoms in total. The van der Waals surface area contributed by atoms with Gasteiger partial charge in [0.1, 0.15) is 5.52 Å². The average Bonchev–Trinajstić information content (AvgIpc) is 3.21. The normalized spacial score (nSPS) is 11.2. The molecule has 142 valence electrons. The highest BCUT2D eigenvalue weighted by atomic mass is 16.1. The van der Waals surface area contributed by atoms with Gasteiger partial charge in [0.15, 0.2) is 5.65 Å². The van der Waals surface area contributed by atoms with E-state index in [-0.39, 0.29) is 11.5 Å². The van der Waals surface area contributed by atoms with Crippen LogP contribution in [0.5, 0.6) is 0 Å². The van der Waals surface area contributed by atoms with E-state index in [0.29, 0.717) is 30.6 Å². The Hall–Kier alpha value is -3.41. The van der Waals surface area contributed by atoms with E-state index in [1.165, 1.54) is 5.56 Å². The second-order valence-corrected chi connectivity index (χ2v) is 6.77. The molecule has 1 amide bonds. The van der Waals surface area contributed by atoms with Crippen molar-refractivity contribution >= 4 is 28.3 Å². The summed E-state index contributed by atoms with van der Waals surface area (Å²) >= 11 is 0. The molecule has 6 heteroatoms. The van der Waals surface area contributed by atoms with Crippen LogP contribution in [0.15, 0.2) is 65.7 Å². The summed E-state index contributed by atoms with van der Waals surface area (Å²) in [6, 6.07) is 15.3. The third-order valence-electron chi connectivity index (χ3n) is 4.93. The smallest absolute Gasteiger partial charge is 0.276 e. The lowest BCUT2D eigenvalue weighted by Gasteiger charge is -2.11. The number of nitrogens with zero attached hydrogens (tertiary/aromatic N) is 3. The van der Waals surface area contributed by atoms with Crippen molar-refractivity contribution in [2.24, 2.45) is 0 Å². The second kappa shape index (κ2) is 7.68. The third kappa shape index (κ3) is 3.41. The van der Waals surface area contributed by atoms with Crippen LogP contribution < -0.4 is 10.9 Å². The van der Waals surface area contributed by atoms with Gasteiger partial charge in [-0.05, 0) is 54.8 Å². The number of fused-ring (bicyclic) bond motifs is 3. The molecule has 0 fully saturated rings. The summed E-state index contributed by atoms with van der Waals surface area (Å²) in [5.74, 6) is -0.0571. The number of carbonyl (C=O) groups is 1. The maximum absolute atomic E-state index is 12.8. The summed E-state index contributed by atoms with van der Waals surface area (Å²) in [6.45, 7) is 2.54. The molecule has 0 aliphatic carbocycles. The number of anilines is 1. The van der Waals surface area contributed by atoms with E-state index in [9.17, 15) is 9.59 Å². The molecule has 0 atom stereocenters. The number of aromatic nitrogens is 3. The number of hydrogen-bond donors (Lipinski definition) is 1. The van der Waals surface area contributed by atoms with Crippen molar-refractivity contribution in [3.05, 3.63) is 76.8 Å². The molecule has 28 heavy (non-hydrogen) atoms. The number of pyridine rings is 1. The van der Waals surface area contributed by atoms with Crippen molar-refractivity contribution in [2.45, 2.75) is 32.7 Å². The second-order valence-electron chi connectivity index (χ2n) is 6.77. The van der Waals surface area contributed by atoms with Gasteiger partial charge in [0.25, 0.3) is 5.56 Å². The Kier molecular flexibility index (Phi) is 4.93. The lowest BCUT2D eigenvalue weighted by atomic mass is 10.1. The predicted octanol–water partition coefficient (Wildman–Crippen LogP) is 3.63. The molecule has 4 rings (SSSR count). The minimum absolute atomic E-state index is 0.0571. The molecule has 0 saturated carbocycles. The van der Waals surface area contributed by atoms with Crippen molar-refractivity contribution in [2.75, 3.05) is 5.32 Å². The summed E-state index contributed by atoms with van der Waals surface area (Å²) in [4.78, 5) is 29.5. The van der Waals surface area contributed by atoms with Gasteiger partial charge in [-0.1, -0.05) is 19.1 Å². The fourth-order valence-corrected chi connectivity index (χ4v) is 3.44. The SMILES string of the molecule is CCc1ccc(NC(=O)CCCn2c(=O)c3cccn3c3cccnc32)cc1. The molecule has 0 spiro atoms. The van der Waals surface area contributed by atoms with Crippen LogP contribution in [0.25, 0.3) is 16.7 Å². The van der Waals surface area contributed by atoms with Gasteiger partial charge in [-0.2, -0.15) is 0 Å².